The molecule has 0 radical (unpaired) electrons. The predicted molar refractivity (Wildman–Crippen MR) is 162 cm³/mol. The summed E-state index contributed by atoms with van der Waals surface area (Å²) in [5.74, 6) is -0.691. The van der Waals surface area contributed by atoms with E-state index in [-0.39, 0.29) is 56.4 Å². The van der Waals surface area contributed by atoms with Crippen LogP contribution >= 0.6 is 0 Å². The Labute approximate surface area is 271 Å². The van der Waals surface area contributed by atoms with Gasteiger partial charge in [-0.2, -0.15) is 23.3 Å². The Kier molecular flexibility index (Phi) is 8.98. The maximum atomic E-state index is 13.7. The van der Waals surface area contributed by atoms with Gasteiger partial charge in [0.15, 0.2) is 22.2 Å². The highest BCUT2D eigenvalue weighted by Gasteiger charge is 2.35. The van der Waals surface area contributed by atoms with E-state index in [0.717, 1.165) is 10.7 Å². The van der Waals surface area contributed by atoms with Crippen molar-refractivity contribution in [1.82, 2.24) is 34.6 Å². The van der Waals surface area contributed by atoms with Crippen molar-refractivity contribution in [3.8, 4) is 34.3 Å². The van der Waals surface area contributed by atoms with E-state index in [9.17, 15) is 26.4 Å². The van der Waals surface area contributed by atoms with E-state index in [4.69, 9.17) is 18.7 Å². The van der Waals surface area contributed by atoms with Gasteiger partial charge in [-0.15, -0.1) is 0 Å². The van der Waals surface area contributed by atoms with E-state index in [1.165, 1.54) is 60.6 Å². The monoisotopic (exact) mass is 688 g/mol. The van der Waals surface area contributed by atoms with Crippen molar-refractivity contribution in [3.63, 3.8) is 0 Å². The zero-order chi connectivity index (χ0) is 35.0. The molecule has 0 bridgehead atoms. The second-order valence-electron chi connectivity index (χ2n) is 10.1. The van der Waals surface area contributed by atoms with Crippen molar-refractivity contribution < 1.29 is 45.1 Å². The van der Waals surface area contributed by atoms with E-state index >= 15 is 0 Å². The van der Waals surface area contributed by atoms with Crippen LogP contribution in [0.4, 0.5) is 24.8 Å². The molecule has 4 aromatic heterocycles. The number of carbonyl (C=O) groups excluding carboxylic acids is 1. The molecule has 0 aliphatic carbocycles. The maximum Gasteiger partial charge on any atom is 0.435 e. The number of alkyl halides is 3. The van der Waals surface area contributed by atoms with Crippen LogP contribution in [0, 0.1) is 20.8 Å². The second-order valence-corrected chi connectivity index (χ2v) is 11.7. The van der Waals surface area contributed by atoms with Gasteiger partial charge in [0.05, 0.1) is 21.3 Å². The lowest BCUT2D eigenvalue weighted by atomic mass is 10.1. The Morgan fingerprint density at radius 1 is 0.938 bits per heavy atom. The molecule has 19 heteroatoms. The molecule has 0 saturated heterocycles. The van der Waals surface area contributed by atoms with Crippen molar-refractivity contribution in [2.75, 3.05) is 26.6 Å². The minimum Gasteiger partial charge on any atom is -0.497 e. The minimum atomic E-state index is -4.76. The van der Waals surface area contributed by atoms with Gasteiger partial charge >= 0.3 is 6.18 Å². The largest absolute Gasteiger partial charge is 0.497 e. The average molecular weight is 689 g/mol. The third kappa shape index (κ3) is 6.70. The third-order valence-electron chi connectivity index (χ3n) is 6.82. The highest BCUT2D eigenvalue weighted by molar-refractivity contribution is 7.90. The molecule has 4 heterocycles. The molecule has 5 aromatic rings. The summed E-state index contributed by atoms with van der Waals surface area (Å²) < 4.78 is 90.8. The van der Waals surface area contributed by atoms with E-state index in [1.807, 2.05) is 4.72 Å². The van der Waals surface area contributed by atoms with Crippen LogP contribution in [0.15, 0.2) is 52.1 Å². The fraction of sp³-hybridized carbons (Fsp3) is 0.241. The van der Waals surface area contributed by atoms with Gasteiger partial charge in [0, 0.05) is 53.1 Å². The first-order valence-corrected chi connectivity index (χ1v) is 15.2. The number of carbonyl (C=O) groups is 1. The number of nitrogens with one attached hydrogen (secondary N) is 2. The first-order valence-electron chi connectivity index (χ1n) is 13.7. The summed E-state index contributed by atoms with van der Waals surface area (Å²) in [5, 5.41) is 10.3. The SMILES string of the molecule is COc1cc(Nc2ncc(-c3cnc(OC)c(C(=O)NS(=O)(=O)c4c(C)noc4C)c3)c(-n3nc(C(F)(F)F)cc3C)n2)cc(OC)c1. The number of amides is 1. The first-order chi connectivity index (χ1) is 22.6. The number of aryl methyl sites for hydroxylation is 3. The van der Waals surface area contributed by atoms with E-state index in [0.29, 0.717) is 17.2 Å². The van der Waals surface area contributed by atoms with Gasteiger partial charge in [-0.05, 0) is 32.9 Å². The van der Waals surface area contributed by atoms with Gasteiger partial charge in [-0.1, -0.05) is 5.16 Å². The fourth-order valence-corrected chi connectivity index (χ4v) is 5.94. The summed E-state index contributed by atoms with van der Waals surface area (Å²) in [6.07, 6.45) is -2.23. The predicted octanol–water partition coefficient (Wildman–Crippen LogP) is 4.54. The van der Waals surface area contributed by atoms with Gasteiger partial charge in [-0.3, -0.25) is 4.79 Å². The number of sulfonamides is 1. The molecule has 0 aliphatic rings. The number of benzene rings is 1. The Balaban J connectivity index is 1.62. The average Bonchev–Trinajstić information content (AvgIpc) is 3.61. The summed E-state index contributed by atoms with van der Waals surface area (Å²) in [6.45, 7) is 4.16. The number of anilines is 2. The Bertz CT molecular complexity index is 2090. The molecule has 15 nitrogen and oxygen atoms in total. The van der Waals surface area contributed by atoms with Crippen LogP contribution in [0.5, 0.6) is 17.4 Å². The Morgan fingerprint density at radius 3 is 2.19 bits per heavy atom. The summed E-state index contributed by atoms with van der Waals surface area (Å²) in [4.78, 5) is 26.0. The molecule has 0 unspecified atom stereocenters. The molecule has 0 fully saturated rings. The number of methoxy groups -OCH3 is 3. The molecule has 5 rings (SSSR count). The van der Waals surface area contributed by atoms with Crippen LogP contribution < -0.4 is 24.2 Å². The number of hydrogen-bond donors (Lipinski definition) is 2. The molecular formula is C29H27F3N8O7S. The smallest absolute Gasteiger partial charge is 0.435 e. The third-order valence-corrected chi connectivity index (χ3v) is 8.39. The molecule has 1 aromatic carbocycles. The lowest BCUT2D eigenvalue weighted by Gasteiger charge is -2.15. The van der Waals surface area contributed by atoms with Crippen LogP contribution in [0.25, 0.3) is 16.9 Å². The van der Waals surface area contributed by atoms with Gasteiger partial charge in [0.2, 0.25) is 11.8 Å². The molecule has 48 heavy (non-hydrogen) atoms. The highest BCUT2D eigenvalue weighted by atomic mass is 32.2. The number of halogens is 3. The molecule has 252 valence electrons. The lowest BCUT2D eigenvalue weighted by molar-refractivity contribution is -0.141. The van der Waals surface area contributed by atoms with Crippen molar-refractivity contribution in [3.05, 3.63) is 71.1 Å². The second kappa shape index (κ2) is 12.8. The molecule has 0 aliphatic heterocycles. The normalized spacial score (nSPS) is 11.7. The first kappa shape index (κ1) is 33.6. The van der Waals surface area contributed by atoms with Crippen LogP contribution in [0.3, 0.4) is 0 Å². The van der Waals surface area contributed by atoms with Crippen molar-refractivity contribution in [2.24, 2.45) is 0 Å². The summed E-state index contributed by atoms with van der Waals surface area (Å²) in [7, 11) is -0.309. The number of aromatic nitrogens is 6. The fourth-order valence-electron chi connectivity index (χ4n) is 4.65. The number of rotatable bonds is 10. The summed E-state index contributed by atoms with van der Waals surface area (Å²) in [5.41, 5.74) is -0.763. The van der Waals surface area contributed by atoms with E-state index in [1.54, 1.807) is 18.2 Å². The highest BCUT2D eigenvalue weighted by Crippen LogP contribution is 2.34. The van der Waals surface area contributed by atoms with Crippen molar-refractivity contribution >= 4 is 27.6 Å². The van der Waals surface area contributed by atoms with Crippen LogP contribution in [-0.4, -0.2) is 65.5 Å². The summed E-state index contributed by atoms with van der Waals surface area (Å²) in [6, 6.07) is 6.95. The topological polar surface area (TPSA) is 185 Å². The number of nitrogens with zero attached hydrogens (tertiary/aromatic N) is 6. The van der Waals surface area contributed by atoms with E-state index in [2.05, 4.69) is 30.5 Å². The zero-order valence-corrected chi connectivity index (χ0v) is 26.9. The lowest BCUT2D eigenvalue weighted by Crippen LogP contribution is -2.31. The van der Waals surface area contributed by atoms with Crippen LogP contribution in [-0.2, 0) is 16.2 Å². The van der Waals surface area contributed by atoms with Gasteiger partial charge in [0.1, 0.15) is 22.8 Å². The quantitative estimate of drug-likeness (QED) is 0.208. The number of pyridine rings is 1. The zero-order valence-electron chi connectivity index (χ0n) is 26.1. The number of ether oxygens (including phenoxy) is 3. The molecule has 0 spiro atoms. The van der Waals surface area contributed by atoms with Crippen LogP contribution in [0.2, 0.25) is 0 Å². The molecular weight excluding hydrogens is 661 g/mol. The standard InChI is InChI=1S/C29H27F3N8O7S/c1-14-7-23(29(30,31)32)37-40(14)25-22(13-34-28(36-25)35-18-9-19(44-4)11-20(10-18)45-5)17-8-21(27(46-6)33-12-17)26(41)39-48(42,43)24-15(2)38-47-16(24)3/h7-13H,1-6H3,(H,39,41)(H,34,35,36). The molecule has 2 N–H and O–H groups in total. The number of hydrogen-bond acceptors (Lipinski definition) is 13. The van der Waals surface area contributed by atoms with E-state index < -0.39 is 27.8 Å². The van der Waals surface area contributed by atoms with Gasteiger partial charge in [0.25, 0.3) is 15.9 Å². The molecule has 1 amide bonds. The van der Waals surface area contributed by atoms with Gasteiger partial charge < -0.3 is 24.1 Å². The van der Waals surface area contributed by atoms with Gasteiger partial charge in [-0.25, -0.2) is 27.8 Å². The maximum absolute atomic E-state index is 13.7. The summed E-state index contributed by atoms with van der Waals surface area (Å²) >= 11 is 0. The minimum absolute atomic E-state index is 0.0299. The Morgan fingerprint density at radius 2 is 1.62 bits per heavy atom. The van der Waals surface area contributed by atoms with Crippen LogP contribution in [0.1, 0.15) is 33.2 Å². The molecule has 0 saturated carbocycles. The molecule has 0 atom stereocenters. The van der Waals surface area contributed by atoms with Crippen molar-refractivity contribution in [2.45, 2.75) is 31.8 Å². The Hall–Kier alpha value is -5.72. The van der Waals surface area contributed by atoms with Crippen molar-refractivity contribution in [1.29, 1.82) is 0 Å².